The summed E-state index contributed by atoms with van der Waals surface area (Å²) in [6, 6.07) is 0. The minimum absolute atomic E-state index is 0.0846. The summed E-state index contributed by atoms with van der Waals surface area (Å²) in [6.45, 7) is 2.58. The van der Waals surface area contributed by atoms with Crippen LogP contribution < -0.4 is 0 Å². The van der Waals surface area contributed by atoms with Gasteiger partial charge in [-0.05, 0) is 51.4 Å². The van der Waals surface area contributed by atoms with Crippen LogP contribution in [0.3, 0.4) is 0 Å². The first-order chi connectivity index (χ1) is 35.0. The van der Waals surface area contributed by atoms with Gasteiger partial charge in [-0.15, -0.1) is 0 Å². The standard InChI is InChI=1S/C57H104O15/c1-3-5-7-9-11-13-15-17-19-20-21-22-23-24-26-27-29-31-33-35-37-39-48(59)67-42-45(70-49(60)40-38-36-34-32-30-28-25-18-16-14-12-10-8-6-4-2)43-68-56-55(66)53(64)51(62)47(72-56)44-69-57-54(65)52(63)50(61)46(41-58)71-57/h17,19,34,36,45-47,50-58,61-66H,3-16,18,20-33,35,37-44H2,1-2H3/b19-17+,36-34+/t45-,46+,47+,50-,51-,52?,53?,54?,55?,56+,57+/m0/s1. The normalized spacial score (nSPS) is 25.1. The Labute approximate surface area is 434 Å². The molecule has 15 heteroatoms. The molecule has 0 spiro atoms. The number of esters is 2. The number of carbonyl (C=O) groups is 2. The summed E-state index contributed by atoms with van der Waals surface area (Å²) in [7, 11) is 0. The Morgan fingerprint density at radius 1 is 0.431 bits per heavy atom. The third-order valence-corrected chi connectivity index (χ3v) is 13.9. The molecular weight excluding hydrogens is 925 g/mol. The molecule has 0 aliphatic carbocycles. The average Bonchev–Trinajstić information content (AvgIpc) is 3.37. The Morgan fingerprint density at radius 3 is 1.28 bits per heavy atom. The fraction of sp³-hybridized carbons (Fsp3) is 0.895. The molecule has 2 rings (SSSR count). The highest BCUT2D eigenvalue weighted by Gasteiger charge is 2.47. The molecule has 0 aromatic carbocycles. The predicted molar refractivity (Wildman–Crippen MR) is 280 cm³/mol. The maximum absolute atomic E-state index is 13.0. The molecule has 4 unspecified atom stereocenters. The lowest BCUT2D eigenvalue weighted by Gasteiger charge is -2.42. The molecule has 0 aromatic rings. The van der Waals surface area contributed by atoms with Crippen LogP contribution in [-0.2, 0) is 38.0 Å². The Bertz CT molecular complexity index is 1350. The van der Waals surface area contributed by atoms with Crippen molar-refractivity contribution in [2.45, 2.75) is 300 Å². The summed E-state index contributed by atoms with van der Waals surface area (Å²) < 4.78 is 33.6. The molecule has 0 bridgehead atoms. The zero-order chi connectivity index (χ0) is 52.4. The molecule has 0 radical (unpaired) electrons. The second-order valence-electron chi connectivity index (χ2n) is 20.5. The Hall–Kier alpha value is -2.02. The van der Waals surface area contributed by atoms with E-state index in [1.54, 1.807) is 0 Å². The Morgan fingerprint density at radius 2 is 0.819 bits per heavy atom. The molecule has 0 saturated carbocycles. The van der Waals surface area contributed by atoms with Gasteiger partial charge in [-0.1, -0.05) is 192 Å². The summed E-state index contributed by atoms with van der Waals surface area (Å²) in [5.74, 6) is -0.972. The second-order valence-corrected chi connectivity index (χ2v) is 20.5. The van der Waals surface area contributed by atoms with Crippen LogP contribution in [0.15, 0.2) is 24.3 Å². The minimum atomic E-state index is -1.77. The number of allylic oxidation sites excluding steroid dienone is 4. The summed E-state index contributed by atoms with van der Waals surface area (Å²) in [5.41, 5.74) is 0. The Kier molecular flexibility index (Phi) is 40.5. The molecule has 422 valence electrons. The van der Waals surface area contributed by atoms with Crippen molar-refractivity contribution in [1.82, 2.24) is 0 Å². The summed E-state index contributed by atoms with van der Waals surface area (Å²) >= 11 is 0. The van der Waals surface area contributed by atoms with Crippen LogP contribution in [0.4, 0.5) is 0 Å². The molecular formula is C57H104O15. The molecule has 0 amide bonds. The van der Waals surface area contributed by atoms with Crippen molar-refractivity contribution in [2.75, 3.05) is 26.4 Å². The number of carbonyl (C=O) groups excluding carboxylic acids is 2. The van der Waals surface area contributed by atoms with E-state index in [1.165, 1.54) is 161 Å². The highest BCUT2D eigenvalue weighted by molar-refractivity contribution is 5.70. The van der Waals surface area contributed by atoms with Crippen LogP contribution in [0.2, 0.25) is 0 Å². The van der Waals surface area contributed by atoms with E-state index in [9.17, 15) is 45.3 Å². The number of aliphatic hydroxyl groups is 7. The number of rotatable bonds is 46. The monoisotopic (exact) mass is 1030 g/mol. The molecule has 0 aromatic heterocycles. The fourth-order valence-corrected chi connectivity index (χ4v) is 9.17. The van der Waals surface area contributed by atoms with Crippen molar-refractivity contribution in [3.05, 3.63) is 24.3 Å². The van der Waals surface area contributed by atoms with Crippen molar-refractivity contribution < 1.29 is 73.8 Å². The maximum atomic E-state index is 13.0. The number of aliphatic hydroxyl groups excluding tert-OH is 7. The maximum Gasteiger partial charge on any atom is 0.306 e. The molecule has 2 fully saturated rings. The average molecular weight is 1030 g/mol. The van der Waals surface area contributed by atoms with Crippen molar-refractivity contribution in [3.8, 4) is 0 Å². The SMILES string of the molecule is CCCCCCCC/C=C/CCCCCCCCCCCCCC(=O)OC[C@@H](CO[C@@H]1O[C@H](CO[C@@H]2O[C@H](CO)[C@H](O)C(O)C2O)[C@H](O)C(O)C1O)OC(=O)CC/C=C/CCCCCCCCCCCCC. The molecule has 2 saturated heterocycles. The Balaban J connectivity index is 1.75. The van der Waals surface area contributed by atoms with Crippen LogP contribution in [-0.4, -0.2) is 142 Å². The quantitative estimate of drug-likeness (QED) is 0.0171. The highest BCUT2D eigenvalue weighted by Crippen LogP contribution is 2.27. The van der Waals surface area contributed by atoms with E-state index in [1.807, 2.05) is 6.08 Å². The van der Waals surface area contributed by atoms with Gasteiger partial charge in [0, 0.05) is 12.8 Å². The first-order valence-electron chi connectivity index (χ1n) is 28.9. The van der Waals surface area contributed by atoms with E-state index in [4.69, 9.17) is 28.4 Å². The van der Waals surface area contributed by atoms with Crippen LogP contribution in [0.5, 0.6) is 0 Å². The predicted octanol–water partition coefficient (Wildman–Crippen LogP) is 9.50. The largest absolute Gasteiger partial charge is 0.462 e. The third-order valence-electron chi connectivity index (χ3n) is 13.9. The van der Waals surface area contributed by atoms with Crippen molar-refractivity contribution in [1.29, 1.82) is 0 Å². The fourth-order valence-electron chi connectivity index (χ4n) is 9.17. The van der Waals surface area contributed by atoms with Gasteiger partial charge in [-0.3, -0.25) is 9.59 Å². The van der Waals surface area contributed by atoms with E-state index in [-0.39, 0.29) is 19.4 Å². The van der Waals surface area contributed by atoms with Gasteiger partial charge in [0.2, 0.25) is 0 Å². The van der Waals surface area contributed by atoms with E-state index in [0.29, 0.717) is 12.8 Å². The minimum Gasteiger partial charge on any atom is -0.462 e. The third kappa shape index (κ3) is 31.1. The topological polar surface area (TPSA) is 231 Å². The highest BCUT2D eigenvalue weighted by atomic mass is 16.7. The van der Waals surface area contributed by atoms with Gasteiger partial charge < -0.3 is 64.2 Å². The summed E-state index contributed by atoms with van der Waals surface area (Å²) in [5, 5.41) is 72.2. The van der Waals surface area contributed by atoms with Crippen LogP contribution in [0.1, 0.15) is 232 Å². The van der Waals surface area contributed by atoms with Gasteiger partial charge in [0.1, 0.15) is 55.4 Å². The van der Waals surface area contributed by atoms with Crippen LogP contribution in [0.25, 0.3) is 0 Å². The zero-order valence-electron chi connectivity index (χ0n) is 44.9. The number of hydrogen-bond donors (Lipinski definition) is 7. The molecule has 72 heavy (non-hydrogen) atoms. The van der Waals surface area contributed by atoms with Gasteiger partial charge in [0.25, 0.3) is 0 Å². The lowest BCUT2D eigenvalue weighted by Crippen LogP contribution is -2.61. The molecule has 2 heterocycles. The molecule has 2 aliphatic heterocycles. The van der Waals surface area contributed by atoms with Gasteiger partial charge in [0.05, 0.1) is 19.8 Å². The van der Waals surface area contributed by atoms with Crippen molar-refractivity contribution >= 4 is 11.9 Å². The summed E-state index contributed by atoms with van der Waals surface area (Å²) in [4.78, 5) is 25.8. The van der Waals surface area contributed by atoms with E-state index < -0.39 is 99.3 Å². The van der Waals surface area contributed by atoms with E-state index in [0.717, 1.165) is 32.1 Å². The molecule has 11 atom stereocenters. The lowest BCUT2D eigenvalue weighted by molar-refractivity contribution is -0.332. The van der Waals surface area contributed by atoms with Crippen LogP contribution in [0, 0.1) is 0 Å². The second kappa shape index (κ2) is 44.1. The molecule has 15 nitrogen and oxygen atoms in total. The van der Waals surface area contributed by atoms with Gasteiger partial charge in [-0.25, -0.2) is 0 Å². The zero-order valence-corrected chi connectivity index (χ0v) is 44.9. The first-order valence-corrected chi connectivity index (χ1v) is 28.9. The van der Waals surface area contributed by atoms with E-state index >= 15 is 0 Å². The molecule has 7 N–H and O–H groups in total. The smallest absolute Gasteiger partial charge is 0.306 e. The van der Waals surface area contributed by atoms with Crippen LogP contribution >= 0.6 is 0 Å². The number of ether oxygens (including phenoxy) is 6. The first kappa shape index (κ1) is 66.1. The number of unbranched alkanes of at least 4 members (excludes halogenated alkanes) is 28. The molecule has 2 aliphatic rings. The van der Waals surface area contributed by atoms with Gasteiger partial charge in [0.15, 0.2) is 18.7 Å². The lowest BCUT2D eigenvalue weighted by atomic mass is 9.98. The van der Waals surface area contributed by atoms with Gasteiger partial charge in [-0.2, -0.15) is 0 Å². The summed E-state index contributed by atoms with van der Waals surface area (Å²) in [6.07, 6.45) is 30.7. The van der Waals surface area contributed by atoms with Crippen molar-refractivity contribution in [2.24, 2.45) is 0 Å². The van der Waals surface area contributed by atoms with Gasteiger partial charge >= 0.3 is 11.9 Å². The number of hydrogen-bond acceptors (Lipinski definition) is 15. The van der Waals surface area contributed by atoms with E-state index in [2.05, 4.69) is 32.1 Å². The van der Waals surface area contributed by atoms with Crippen molar-refractivity contribution in [3.63, 3.8) is 0 Å².